The molecule has 0 bridgehead atoms. The van der Waals surface area contributed by atoms with E-state index < -0.39 is 0 Å². The van der Waals surface area contributed by atoms with Gasteiger partial charge in [-0.05, 0) is 37.1 Å². The van der Waals surface area contributed by atoms with Crippen molar-refractivity contribution in [2.24, 2.45) is 0 Å². The second-order valence-electron chi connectivity index (χ2n) is 6.26. The standard InChI is InChI=1S/C19H26N4O3S/c1-3-5-6-7-17(25)20-15-10-8-14(9-11-15)16(24)13-27-19-22-21-18(26)23(19)12-4-2/h8-11H,3-7,12-13H2,1-2H3,(H,20,25)(H,21,26). The van der Waals surface area contributed by atoms with Gasteiger partial charge >= 0.3 is 5.69 Å². The number of carbonyl (C=O) groups is 2. The van der Waals surface area contributed by atoms with Crippen LogP contribution in [0, 0.1) is 0 Å². The number of ketones is 1. The van der Waals surface area contributed by atoms with Gasteiger partial charge in [0.25, 0.3) is 0 Å². The van der Waals surface area contributed by atoms with Gasteiger partial charge in [-0.2, -0.15) is 0 Å². The van der Waals surface area contributed by atoms with Crippen LogP contribution >= 0.6 is 11.8 Å². The van der Waals surface area contributed by atoms with E-state index >= 15 is 0 Å². The molecule has 1 aromatic heterocycles. The maximum absolute atomic E-state index is 12.4. The Labute approximate surface area is 162 Å². The van der Waals surface area contributed by atoms with Crippen molar-refractivity contribution >= 4 is 29.1 Å². The van der Waals surface area contributed by atoms with Gasteiger partial charge in [0, 0.05) is 24.2 Å². The average Bonchev–Trinajstić information content (AvgIpc) is 3.01. The van der Waals surface area contributed by atoms with E-state index in [1.54, 1.807) is 24.3 Å². The highest BCUT2D eigenvalue weighted by molar-refractivity contribution is 7.99. The largest absolute Gasteiger partial charge is 0.343 e. The van der Waals surface area contributed by atoms with Crippen molar-refractivity contribution in [2.75, 3.05) is 11.1 Å². The highest BCUT2D eigenvalue weighted by atomic mass is 32.2. The highest BCUT2D eigenvalue weighted by Crippen LogP contribution is 2.17. The first-order chi connectivity index (χ1) is 13.0. The predicted molar refractivity (Wildman–Crippen MR) is 107 cm³/mol. The van der Waals surface area contributed by atoms with E-state index in [-0.39, 0.29) is 23.1 Å². The molecule has 1 heterocycles. The number of carbonyl (C=O) groups excluding carboxylic acids is 2. The lowest BCUT2D eigenvalue weighted by Gasteiger charge is -2.06. The van der Waals surface area contributed by atoms with Gasteiger partial charge in [-0.15, -0.1) is 5.10 Å². The second-order valence-corrected chi connectivity index (χ2v) is 7.20. The minimum atomic E-state index is -0.258. The third kappa shape index (κ3) is 6.39. The molecule has 0 aliphatic heterocycles. The van der Waals surface area contributed by atoms with Crippen molar-refractivity contribution in [1.82, 2.24) is 14.8 Å². The summed E-state index contributed by atoms with van der Waals surface area (Å²) in [5.41, 5.74) is 0.988. The van der Waals surface area contributed by atoms with Crippen LogP contribution in [0.25, 0.3) is 0 Å². The number of rotatable bonds is 11. The van der Waals surface area contributed by atoms with Crippen LogP contribution in [0.4, 0.5) is 5.69 Å². The molecule has 2 aromatic rings. The van der Waals surface area contributed by atoms with Crippen LogP contribution in [0.5, 0.6) is 0 Å². The van der Waals surface area contributed by atoms with E-state index in [0.717, 1.165) is 25.7 Å². The smallest absolute Gasteiger partial charge is 0.326 e. The molecule has 0 unspecified atom stereocenters. The lowest BCUT2D eigenvalue weighted by molar-refractivity contribution is -0.116. The first kappa shape index (κ1) is 21.0. The van der Waals surface area contributed by atoms with Crippen LogP contribution in [0.15, 0.2) is 34.2 Å². The number of H-pyrrole nitrogens is 1. The van der Waals surface area contributed by atoms with Crippen molar-refractivity contribution < 1.29 is 9.59 Å². The number of nitrogens with one attached hydrogen (secondary N) is 2. The van der Waals surface area contributed by atoms with E-state index in [1.807, 2.05) is 6.92 Å². The first-order valence-corrected chi connectivity index (χ1v) is 10.2. The zero-order valence-corrected chi connectivity index (χ0v) is 16.6. The Morgan fingerprint density at radius 3 is 2.56 bits per heavy atom. The van der Waals surface area contributed by atoms with E-state index in [0.29, 0.717) is 29.4 Å². The van der Waals surface area contributed by atoms with Gasteiger partial charge < -0.3 is 5.32 Å². The molecule has 0 radical (unpaired) electrons. The van der Waals surface area contributed by atoms with Crippen LogP contribution in [0.3, 0.4) is 0 Å². The quantitative estimate of drug-likeness (QED) is 0.348. The van der Waals surface area contributed by atoms with Crippen molar-refractivity contribution in [2.45, 2.75) is 57.7 Å². The number of aromatic amines is 1. The number of amides is 1. The molecule has 0 fully saturated rings. The lowest BCUT2D eigenvalue weighted by atomic mass is 10.1. The molecule has 1 amide bonds. The number of aromatic nitrogens is 3. The summed E-state index contributed by atoms with van der Waals surface area (Å²) in [5.74, 6) is 0.126. The average molecular weight is 391 g/mol. The Bertz CT molecular complexity index is 811. The monoisotopic (exact) mass is 390 g/mol. The SMILES string of the molecule is CCCCCC(=O)Nc1ccc(C(=O)CSc2n[nH]c(=O)n2CCC)cc1. The number of anilines is 1. The summed E-state index contributed by atoms with van der Waals surface area (Å²) in [5, 5.41) is 9.74. The molecule has 2 rings (SSSR count). The molecule has 0 aliphatic rings. The van der Waals surface area contributed by atoms with Gasteiger partial charge in [-0.25, -0.2) is 9.89 Å². The van der Waals surface area contributed by atoms with Gasteiger partial charge in [0.05, 0.1) is 5.75 Å². The fourth-order valence-corrected chi connectivity index (χ4v) is 3.41. The number of thioether (sulfide) groups is 1. The molecule has 7 nitrogen and oxygen atoms in total. The van der Waals surface area contributed by atoms with Crippen molar-refractivity contribution in [3.63, 3.8) is 0 Å². The van der Waals surface area contributed by atoms with Crippen LogP contribution < -0.4 is 11.0 Å². The molecule has 0 spiro atoms. The summed E-state index contributed by atoms with van der Waals surface area (Å²) in [6, 6.07) is 6.87. The number of unbranched alkanes of at least 4 members (excludes halogenated alkanes) is 2. The number of hydrogen-bond acceptors (Lipinski definition) is 5. The van der Waals surface area contributed by atoms with Crippen LogP contribution in [-0.4, -0.2) is 32.2 Å². The molecule has 0 atom stereocenters. The molecule has 8 heteroatoms. The lowest BCUT2D eigenvalue weighted by Crippen LogP contribution is -2.17. The Kier molecular flexibility index (Phi) is 8.32. The minimum Gasteiger partial charge on any atom is -0.326 e. The molecule has 1 aromatic carbocycles. The summed E-state index contributed by atoms with van der Waals surface area (Å²) in [6.45, 7) is 4.64. The molecule has 27 heavy (non-hydrogen) atoms. The third-order valence-electron chi connectivity index (χ3n) is 4.00. The molecule has 0 aliphatic carbocycles. The Balaban J connectivity index is 1.88. The van der Waals surface area contributed by atoms with Crippen LogP contribution in [0.2, 0.25) is 0 Å². The summed E-state index contributed by atoms with van der Waals surface area (Å²) in [6.07, 6.45) is 4.32. The Hall–Kier alpha value is -2.35. The van der Waals surface area contributed by atoms with Gasteiger partial charge in [0.1, 0.15) is 0 Å². The van der Waals surface area contributed by atoms with Crippen molar-refractivity contribution in [1.29, 1.82) is 0 Å². The number of benzene rings is 1. The second kappa shape index (κ2) is 10.7. The molecular formula is C19H26N4O3S. The van der Waals surface area contributed by atoms with E-state index in [1.165, 1.54) is 16.3 Å². The zero-order chi connectivity index (χ0) is 19.6. The third-order valence-corrected chi connectivity index (χ3v) is 4.98. The Morgan fingerprint density at radius 1 is 1.15 bits per heavy atom. The molecular weight excluding hydrogens is 364 g/mol. The number of hydrogen-bond donors (Lipinski definition) is 2. The Morgan fingerprint density at radius 2 is 1.89 bits per heavy atom. The van der Waals surface area contributed by atoms with Gasteiger partial charge in [0.2, 0.25) is 5.91 Å². The van der Waals surface area contributed by atoms with E-state index in [9.17, 15) is 14.4 Å². The summed E-state index contributed by atoms with van der Waals surface area (Å²) in [4.78, 5) is 35.9. The molecule has 146 valence electrons. The first-order valence-electron chi connectivity index (χ1n) is 9.26. The predicted octanol–water partition coefficient (Wildman–Crippen LogP) is 3.48. The van der Waals surface area contributed by atoms with Crippen molar-refractivity contribution in [3.8, 4) is 0 Å². The number of nitrogens with zero attached hydrogens (tertiary/aromatic N) is 2. The molecule has 0 saturated heterocycles. The number of Topliss-reactive ketones (excluding diaryl/α,β-unsaturated/α-hetero) is 1. The minimum absolute atomic E-state index is 0.00879. The summed E-state index contributed by atoms with van der Waals surface area (Å²) in [7, 11) is 0. The fourth-order valence-electron chi connectivity index (χ4n) is 2.55. The van der Waals surface area contributed by atoms with Crippen LogP contribution in [0.1, 0.15) is 56.3 Å². The molecule has 2 N–H and O–H groups in total. The maximum Gasteiger partial charge on any atom is 0.343 e. The zero-order valence-electron chi connectivity index (χ0n) is 15.8. The topological polar surface area (TPSA) is 96.8 Å². The maximum atomic E-state index is 12.4. The van der Waals surface area contributed by atoms with Gasteiger partial charge in [-0.1, -0.05) is 38.5 Å². The van der Waals surface area contributed by atoms with E-state index in [4.69, 9.17) is 0 Å². The molecule has 0 saturated carbocycles. The summed E-state index contributed by atoms with van der Waals surface area (Å²) < 4.78 is 1.54. The normalized spacial score (nSPS) is 10.7. The fraction of sp³-hybridized carbons (Fsp3) is 0.474. The van der Waals surface area contributed by atoms with Crippen LogP contribution in [-0.2, 0) is 11.3 Å². The van der Waals surface area contributed by atoms with Gasteiger partial charge in [-0.3, -0.25) is 14.2 Å². The van der Waals surface area contributed by atoms with E-state index in [2.05, 4.69) is 22.4 Å². The van der Waals surface area contributed by atoms with Crippen molar-refractivity contribution in [3.05, 3.63) is 40.3 Å². The van der Waals surface area contributed by atoms with Gasteiger partial charge in [0.15, 0.2) is 10.9 Å². The highest BCUT2D eigenvalue weighted by Gasteiger charge is 2.12. The summed E-state index contributed by atoms with van der Waals surface area (Å²) >= 11 is 1.24.